The van der Waals surface area contributed by atoms with Crippen molar-refractivity contribution in [3.05, 3.63) is 53.9 Å². The van der Waals surface area contributed by atoms with Crippen molar-refractivity contribution in [2.75, 3.05) is 31.6 Å². The SMILES string of the molecule is CN(CCOc1cccc2c1N(C(=O)c1cccnc1)CCC2)C1CCCCC1. The Labute approximate surface area is 173 Å². The normalized spacial score (nSPS) is 17.2. The van der Waals surface area contributed by atoms with Gasteiger partial charge in [-0.3, -0.25) is 9.78 Å². The third-order valence-electron chi connectivity index (χ3n) is 6.23. The minimum Gasteiger partial charge on any atom is -0.490 e. The molecule has 2 aliphatic rings. The molecule has 1 aromatic heterocycles. The summed E-state index contributed by atoms with van der Waals surface area (Å²) in [7, 11) is 2.21. The number of nitrogens with zero attached hydrogens (tertiary/aromatic N) is 3. The Morgan fingerprint density at radius 1 is 1.17 bits per heavy atom. The molecule has 5 nitrogen and oxygen atoms in total. The van der Waals surface area contributed by atoms with E-state index >= 15 is 0 Å². The van der Waals surface area contributed by atoms with E-state index in [1.807, 2.05) is 29.2 Å². The second-order valence-corrected chi connectivity index (χ2v) is 8.19. The van der Waals surface area contributed by atoms with E-state index in [0.717, 1.165) is 30.8 Å². The lowest BCUT2D eigenvalue weighted by Gasteiger charge is -2.32. The number of aromatic nitrogens is 1. The largest absolute Gasteiger partial charge is 0.490 e. The lowest BCUT2D eigenvalue weighted by Crippen LogP contribution is -2.37. The molecule has 0 radical (unpaired) electrons. The van der Waals surface area contributed by atoms with Gasteiger partial charge in [-0.25, -0.2) is 0 Å². The van der Waals surface area contributed by atoms with Crippen molar-refractivity contribution in [3.8, 4) is 5.75 Å². The van der Waals surface area contributed by atoms with Crippen molar-refractivity contribution in [1.82, 2.24) is 9.88 Å². The van der Waals surface area contributed by atoms with Gasteiger partial charge >= 0.3 is 0 Å². The topological polar surface area (TPSA) is 45.7 Å². The van der Waals surface area contributed by atoms with Gasteiger partial charge in [0.2, 0.25) is 0 Å². The zero-order valence-electron chi connectivity index (χ0n) is 17.3. The van der Waals surface area contributed by atoms with Crippen LogP contribution in [0.2, 0.25) is 0 Å². The summed E-state index contributed by atoms with van der Waals surface area (Å²) in [6.07, 6.45) is 11.9. The molecule has 5 heteroatoms. The fourth-order valence-electron chi connectivity index (χ4n) is 4.58. The van der Waals surface area contributed by atoms with Crippen LogP contribution in [0, 0.1) is 0 Å². The van der Waals surface area contributed by atoms with E-state index in [2.05, 4.69) is 23.0 Å². The third-order valence-corrected chi connectivity index (χ3v) is 6.23. The molecule has 4 rings (SSSR count). The summed E-state index contributed by atoms with van der Waals surface area (Å²) in [6.45, 7) is 2.26. The summed E-state index contributed by atoms with van der Waals surface area (Å²) in [6, 6.07) is 10.5. The molecule has 1 saturated carbocycles. The minimum atomic E-state index is -0.00516. The maximum Gasteiger partial charge on any atom is 0.259 e. The Bertz CT molecular complexity index is 818. The van der Waals surface area contributed by atoms with Gasteiger partial charge < -0.3 is 14.5 Å². The number of ether oxygens (including phenoxy) is 1. The zero-order valence-corrected chi connectivity index (χ0v) is 17.3. The van der Waals surface area contributed by atoms with Gasteiger partial charge in [0.05, 0.1) is 11.3 Å². The Morgan fingerprint density at radius 3 is 2.83 bits per heavy atom. The first-order chi connectivity index (χ1) is 14.2. The van der Waals surface area contributed by atoms with Gasteiger partial charge in [0.15, 0.2) is 0 Å². The number of anilines is 1. The number of carbonyl (C=O) groups excluding carboxylic acids is 1. The fourth-order valence-corrected chi connectivity index (χ4v) is 4.58. The Balaban J connectivity index is 1.47. The van der Waals surface area contributed by atoms with Crippen LogP contribution in [0.25, 0.3) is 0 Å². The van der Waals surface area contributed by atoms with Gasteiger partial charge in [-0.15, -0.1) is 0 Å². The number of likely N-dealkylation sites (N-methyl/N-ethyl adjacent to an activating group) is 1. The Kier molecular flexibility index (Phi) is 6.45. The predicted molar refractivity (Wildman–Crippen MR) is 116 cm³/mol. The highest BCUT2D eigenvalue weighted by atomic mass is 16.5. The van der Waals surface area contributed by atoms with Gasteiger partial charge in [0, 0.05) is 31.5 Å². The molecule has 29 heavy (non-hydrogen) atoms. The van der Waals surface area contributed by atoms with Crippen molar-refractivity contribution in [2.24, 2.45) is 0 Å². The predicted octanol–water partition coefficient (Wildman–Crippen LogP) is 4.32. The van der Waals surface area contributed by atoms with Gasteiger partial charge in [-0.05, 0) is 56.5 Å². The zero-order chi connectivity index (χ0) is 20.1. The maximum atomic E-state index is 13.1. The average molecular weight is 394 g/mol. The lowest BCUT2D eigenvalue weighted by atomic mass is 9.94. The van der Waals surface area contributed by atoms with Crippen LogP contribution in [0.15, 0.2) is 42.7 Å². The highest BCUT2D eigenvalue weighted by Crippen LogP contribution is 2.37. The number of amides is 1. The van der Waals surface area contributed by atoms with Crippen LogP contribution in [-0.4, -0.2) is 48.6 Å². The van der Waals surface area contributed by atoms with Crippen LogP contribution >= 0.6 is 0 Å². The van der Waals surface area contributed by atoms with Crippen LogP contribution in [0.5, 0.6) is 5.75 Å². The molecule has 1 aliphatic heterocycles. The molecule has 0 spiro atoms. The molecule has 1 aliphatic carbocycles. The van der Waals surface area contributed by atoms with E-state index in [4.69, 9.17) is 4.74 Å². The molecule has 2 aromatic rings. The van der Waals surface area contributed by atoms with E-state index in [1.165, 1.54) is 37.7 Å². The summed E-state index contributed by atoms with van der Waals surface area (Å²) < 4.78 is 6.23. The summed E-state index contributed by atoms with van der Waals surface area (Å²) >= 11 is 0. The fraction of sp³-hybridized carbons (Fsp3) is 0.500. The number of rotatable bonds is 6. The lowest BCUT2D eigenvalue weighted by molar-refractivity contribution is 0.0983. The van der Waals surface area contributed by atoms with Gasteiger partial charge in [-0.2, -0.15) is 0 Å². The summed E-state index contributed by atoms with van der Waals surface area (Å²) in [5.74, 6) is 0.811. The second-order valence-electron chi connectivity index (χ2n) is 8.19. The second kappa shape index (κ2) is 9.40. The Hall–Kier alpha value is -2.40. The van der Waals surface area contributed by atoms with Gasteiger partial charge in [-0.1, -0.05) is 31.4 Å². The van der Waals surface area contributed by atoms with Gasteiger partial charge in [0.1, 0.15) is 12.4 Å². The number of fused-ring (bicyclic) bond motifs is 1. The van der Waals surface area contributed by atoms with Crippen LogP contribution in [0.3, 0.4) is 0 Å². The summed E-state index contributed by atoms with van der Waals surface area (Å²) in [4.78, 5) is 21.5. The first-order valence-corrected chi connectivity index (χ1v) is 10.9. The monoisotopic (exact) mass is 393 g/mol. The number of benzene rings is 1. The van der Waals surface area contributed by atoms with E-state index in [-0.39, 0.29) is 5.91 Å². The van der Waals surface area contributed by atoms with Gasteiger partial charge in [0.25, 0.3) is 5.91 Å². The summed E-state index contributed by atoms with van der Waals surface area (Å²) in [5.41, 5.74) is 2.74. The molecular weight excluding hydrogens is 362 g/mol. The first-order valence-electron chi connectivity index (χ1n) is 10.9. The quantitative estimate of drug-likeness (QED) is 0.733. The standard InChI is InChI=1S/C24H31N3O2/c1-26(21-11-3-2-4-12-21)16-17-29-22-13-5-8-19-10-7-15-27(23(19)22)24(28)20-9-6-14-25-18-20/h5-6,8-9,13-14,18,21H,2-4,7,10-12,15-17H2,1H3. The molecule has 1 amide bonds. The summed E-state index contributed by atoms with van der Waals surface area (Å²) in [5, 5.41) is 0. The molecule has 1 aromatic carbocycles. The minimum absolute atomic E-state index is 0.00516. The highest BCUT2D eigenvalue weighted by molar-refractivity contribution is 6.07. The molecule has 0 unspecified atom stereocenters. The van der Waals surface area contributed by atoms with Crippen molar-refractivity contribution in [3.63, 3.8) is 0 Å². The number of para-hydroxylation sites is 1. The average Bonchev–Trinajstić information content (AvgIpc) is 2.79. The molecule has 1 fully saturated rings. The van der Waals surface area contributed by atoms with E-state index in [0.29, 0.717) is 24.8 Å². The molecule has 0 saturated heterocycles. The number of carbonyl (C=O) groups is 1. The third kappa shape index (κ3) is 4.61. The van der Waals surface area contributed by atoms with Crippen LogP contribution in [-0.2, 0) is 6.42 Å². The van der Waals surface area contributed by atoms with E-state index in [1.54, 1.807) is 12.4 Å². The molecule has 154 valence electrons. The van der Waals surface area contributed by atoms with E-state index in [9.17, 15) is 4.79 Å². The van der Waals surface area contributed by atoms with E-state index < -0.39 is 0 Å². The molecule has 0 N–H and O–H groups in total. The number of hydrogen-bond donors (Lipinski definition) is 0. The molecule has 0 atom stereocenters. The van der Waals surface area contributed by atoms with Crippen molar-refractivity contribution in [2.45, 2.75) is 51.0 Å². The van der Waals surface area contributed by atoms with Crippen LogP contribution in [0.1, 0.15) is 54.4 Å². The molecule has 2 heterocycles. The molecule has 0 bridgehead atoms. The number of aryl methyl sites for hydroxylation is 1. The van der Waals surface area contributed by atoms with Crippen molar-refractivity contribution < 1.29 is 9.53 Å². The number of pyridine rings is 1. The highest BCUT2D eigenvalue weighted by Gasteiger charge is 2.27. The van der Waals surface area contributed by atoms with Crippen LogP contribution in [0.4, 0.5) is 5.69 Å². The number of hydrogen-bond acceptors (Lipinski definition) is 4. The smallest absolute Gasteiger partial charge is 0.259 e. The van der Waals surface area contributed by atoms with Crippen LogP contribution < -0.4 is 9.64 Å². The molecular formula is C24H31N3O2. The Morgan fingerprint density at radius 2 is 2.03 bits per heavy atom. The first kappa shape index (κ1) is 19.9. The van der Waals surface area contributed by atoms with Crippen molar-refractivity contribution >= 4 is 11.6 Å². The van der Waals surface area contributed by atoms with Crippen molar-refractivity contribution in [1.29, 1.82) is 0 Å². The maximum absolute atomic E-state index is 13.1.